The molecule has 0 aromatic carbocycles. The number of hydrogen-bond acceptors (Lipinski definition) is 4. The Labute approximate surface area is 126 Å². The molecule has 5 nitrogen and oxygen atoms in total. The van der Waals surface area contributed by atoms with Crippen molar-refractivity contribution in [2.24, 2.45) is 11.1 Å². The second-order valence-electron chi connectivity index (χ2n) is 5.83. The number of amides is 1. The van der Waals surface area contributed by atoms with E-state index in [0.717, 1.165) is 26.2 Å². The van der Waals surface area contributed by atoms with E-state index in [-0.39, 0.29) is 5.91 Å². The third-order valence-electron chi connectivity index (χ3n) is 4.52. The molecule has 20 heavy (non-hydrogen) atoms. The maximum Gasteiger partial charge on any atom is 0.235 e. The molecule has 0 radical (unpaired) electrons. The summed E-state index contributed by atoms with van der Waals surface area (Å²) in [7, 11) is 1.86. The van der Waals surface area contributed by atoms with E-state index in [0.29, 0.717) is 31.0 Å². The number of nitrogens with zero attached hydrogens (tertiary/aromatic N) is 2. The standard InChI is InChI=1S/C14H25N3O2S/c1-16(8-9-17-6-2-3-7-17)13(18)14(12(15)20)4-10-19-11-5-14/h2-11H2,1H3,(H2,15,20). The molecule has 0 saturated carbocycles. The number of thiocarbonyl (C=S) groups is 1. The molecule has 0 atom stereocenters. The van der Waals surface area contributed by atoms with Gasteiger partial charge in [0.1, 0.15) is 5.41 Å². The predicted octanol–water partition coefficient (Wildman–Crippen LogP) is 0.624. The number of rotatable bonds is 5. The Morgan fingerprint density at radius 2 is 1.95 bits per heavy atom. The summed E-state index contributed by atoms with van der Waals surface area (Å²) in [6, 6.07) is 0. The fourth-order valence-electron chi connectivity index (χ4n) is 3.05. The van der Waals surface area contributed by atoms with Crippen molar-refractivity contribution < 1.29 is 9.53 Å². The van der Waals surface area contributed by atoms with Crippen molar-refractivity contribution in [3.05, 3.63) is 0 Å². The fraction of sp³-hybridized carbons (Fsp3) is 0.857. The van der Waals surface area contributed by atoms with Gasteiger partial charge >= 0.3 is 0 Å². The van der Waals surface area contributed by atoms with Crippen LogP contribution in [0.15, 0.2) is 0 Å². The number of nitrogens with two attached hydrogens (primary N) is 1. The lowest BCUT2D eigenvalue weighted by Gasteiger charge is -2.38. The summed E-state index contributed by atoms with van der Waals surface area (Å²) in [6.07, 6.45) is 3.75. The van der Waals surface area contributed by atoms with Crippen LogP contribution in [0, 0.1) is 5.41 Å². The fourth-order valence-corrected chi connectivity index (χ4v) is 3.34. The normalized spacial score (nSPS) is 22.6. The molecule has 6 heteroatoms. The molecule has 0 aliphatic carbocycles. The molecule has 0 bridgehead atoms. The van der Waals surface area contributed by atoms with E-state index in [2.05, 4.69) is 4.90 Å². The average Bonchev–Trinajstić information content (AvgIpc) is 2.97. The van der Waals surface area contributed by atoms with Crippen molar-refractivity contribution in [2.45, 2.75) is 25.7 Å². The monoisotopic (exact) mass is 299 g/mol. The van der Waals surface area contributed by atoms with Gasteiger partial charge < -0.3 is 20.3 Å². The first kappa shape index (κ1) is 15.7. The maximum absolute atomic E-state index is 12.8. The Balaban J connectivity index is 1.94. The van der Waals surface area contributed by atoms with Gasteiger partial charge in [0.05, 0.1) is 4.99 Å². The van der Waals surface area contributed by atoms with Crippen molar-refractivity contribution >= 4 is 23.1 Å². The van der Waals surface area contributed by atoms with Crippen molar-refractivity contribution in [2.75, 3.05) is 46.4 Å². The van der Waals surface area contributed by atoms with Crippen LogP contribution in [-0.4, -0.2) is 67.1 Å². The number of hydrogen-bond donors (Lipinski definition) is 1. The highest BCUT2D eigenvalue weighted by Gasteiger charge is 2.44. The SMILES string of the molecule is CN(CCN1CCCC1)C(=O)C1(C(N)=S)CCOCC1. The largest absolute Gasteiger partial charge is 0.392 e. The molecule has 0 aromatic rings. The highest BCUT2D eigenvalue weighted by molar-refractivity contribution is 7.80. The molecule has 2 aliphatic rings. The molecular weight excluding hydrogens is 274 g/mol. The molecular formula is C14H25N3O2S. The molecule has 2 saturated heterocycles. The second-order valence-corrected chi connectivity index (χ2v) is 6.27. The van der Waals surface area contributed by atoms with Crippen LogP contribution < -0.4 is 5.73 Å². The Kier molecular flexibility index (Phi) is 5.35. The summed E-state index contributed by atoms with van der Waals surface area (Å²) in [5, 5.41) is 0. The van der Waals surface area contributed by atoms with E-state index in [1.807, 2.05) is 7.05 Å². The summed E-state index contributed by atoms with van der Waals surface area (Å²) in [6.45, 7) is 5.09. The van der Waals surface area contributed by atoms with Crippen LogP contribution in [0.2, 0.25) is 0 Å². The molecule has 2 rings (SSSR count). The van der Waals surface area contributed by atoms with Gasteiger partial charge in [-0.1, -0.05) is 12.2 Å². The number of carbonyl (C=O) groups excluding carboxylic acids is 1. The van der Waals surface area contributed by atoms with Gasteiger partial charge in [0.25, 0.3) is 0 Å². The van der Waals surface area contributed by atoms with E-state index in [4.69, 9.17) is 22.7 Å². The smallest absolute Gasteiger partial charge is 0.235 e. The van der Waals surface area contributed by atoms with Crippen molar-refractivity contribution in [1.82, 2.24) is 9.80 Å². The lowest BCUT2D eigenvalue weighted by molar-refractivity contribution is -0.141. The summed E-state index contributed by atoms with van der Waals surface area (Å²) in [5.74, 6) is 0.0625. The number of carbonyl (C=O) groups is 1. The van der Waals surface area contributed by atoms with Crippen LogP contribution in [0.3, 0.4) is 0 Å². The number of likely N-dealkylation sites (tertiary alicyclic amines) is 1. The molecule has 0 aromatic heterocycles. The van der Waals surface area contributed by atoms with Crippen LogP contribution in [-0.2, 0) is 9.53 Å². The van der Waals surface area contributed by atoms with Gasteiger partial charge in [0.2, 0.25) is 5.91 Å². The lowest BCUT2D eigenvalue weighted by atomic mass is 9.78. The van der Waals surface area contributed by atoms with Gasteiger partial charge in [-0.05, 0) is 38.8 Å². The minimum absolute atomic E-state index is 0.0625. The Morgan fingerprint density at radius 3 is 2.50 bits per heavy atom. The molecule has 2 aliphatic heterocycles. The Bertz CT molecular complexity index is 363. The van der Waals surface area contributed by atoms with Crippen LogP contribution >= 0.6 is 12.2 Å². The van der Waals surface area contributed by atoms with Gasteiger partial charge in [-0.25, -0.2) is 0 Å². The number of likely N-dealkylation sites (N-methyl/N-ethyl adjacent to an activating group) is 1. The first-order chi connectivity index (χ1) is 9.56. The summed E-state index contributed by atoms with van der Waals surface area (Å²) >= 11 is 5.18. The summed E-state index contributed by atoms with van der Waals surface area (Å²) in [4.78, 5) is 17.3. The van der Waals surface area contributed by atoms with Crippen LogP contribution in [0.4, 0.5) is 0 Å². The van der Waals surface area contributed by atoms with Gasteiger partial charge in [0, 0.05) is 33.4 Å². The summed E-state index contributed by atoms with van der Waals surface area (Å²) in [5.41, 5.74) is 5.19. The third-order valence-corrected chi connectivity index (χ3v) is 4.92. The summed E-state index contributed by atoms with van der Waals surface area (Å²) < 4.78 is 5.35. The van der Waals surface area contributed by atoms with Crippen LogP contribution in [0.5, 0.6) is 0 Å². The quantitative estimate of drug-likeness (QED) is 0.754. The van der Waals surface area contributed by atoms with Crippen molar-refractivity contribution in [3.8, 4) is 0 Å². The van der Waals surface area contributed by atoms with E-state index in [1.165, 1.54) is 12.8 Å². The highest BCUT2D eigenvalue weighted by atomic mass is 32.1. The molecule has 2 fully saturated rings. The first-order valence-corrected chi connectivity index (χ1v) is 7.83. The topological polar surface area (TPSA) is 58.8 Å². The highest BCUT2D eigenvalue weighted by Crippen LogP contribution is 2.33. The predicted molar refractivity (Wildman–Crippen MR) is 82.6 cm³/mol. The van der Waals surface area contributed by atoms with Gasteiger partial charge in [-0.2, -0.15) is 0 Å². The Morgan fingerprint density at radius 1 is 1.35 bits per heavy atom. The minimum atomic E-state index is -0.687. The molecule has 114 valence electrons. The first-order valence-electron chi connectivity index (χ1n) is 7.42. The Hall–Kier alpha value is -0.720. The van der Waals surface area contributed by atoms with E-state index in [9.17, 15) is 4.79 Å². The minimum Gasteiger partial charge on any atom is -0.392 e. The number of ether oxygens (including phenoxy) is 1. The van der Waals surface area contributed by atoms with E-state index >= 15 is 0 Å². The molecule has 0 spiro atoms. The maximum atomic E-state index is 12.8. The zero-order valence-corrected chi connectivity index (χ0v) is 13.1. The molecule has 1 amide bonds. The van der Waals surface area contributed by atoms with Gasteiger partial charge in [-0.3, -0.25) is 4.79 Å². The molecule has 2 heterocycles. The van der Waals surface area contributed by atoms with Crippen molar-refractivity contribution in [3.63, 3.8) is 0 Å². The van der Waals surface area contributed by atoms with E-state index < -0.39 is 5.41 Å². The zero-order chi connectivity index (χ0) is 14.6. The zero-order valence-electron chi connectivity index (χ0n) is 12.3. The van der Waals surface area contributed by atoms with Crippen molar-refractivity contribution in [1.29, 1.82) is 0 Å². The van der Waals surface area contributed by atoms with Crippen LogP contribution in [0.25, 0.3) is 0 Å². The second kappa shape index (κ2) is 6.83. The van der Waals surface area contributed by atoms with Crippen LogP contribution in [0.1, 0.15) is 25.7 Å². The molecule has 0 unspecified atom stereocenters. The third kappa shape index (κ3) is 3.30. The molecule has 2 N–H and O–H groups in total. The van der Waals surface area contributed by atoms with Gasteiger partial charge in [0.15, 0.2) is 0 Å². The lowest BCUT2D eigenvalue weighted by Crippen LogP contribution is -2.53. The van der Waals surface area contributed by atoms with E-state index in [1.54, 1.807) is 4.90 Å². The average molecular weight is 299 g/mol. The van der Waals surface area contributed by atoms with Gasteiger partial charge in [-0.15, -0.1) is 0 Å².